The van der Waals surface area contributed by atoms with Gasteiger partial charge in [-0.1, -0.05) is 35.9 Å². The summed E-state index contributed by atoms with van der Waals surface area (Å²) in [5, 5.41) is 0.765. The van der Waals surface area contributed by atoms with E-state index in [1.54, 1.807) is 6.07 Å². The molecule has 3 aliphatic heterocycles. The van der Waals surface area contributed by atoms with Crippen molar-refractivity contribution in [2.45, 2.75) is 31.8 Å². The Hall–Kier alpha value is -2.19. The van der Waals surface area contributed by atoms with E-state index in [2.05, 4.69) is 21.9 Å². The van der Waals surface area contributed by atoms with E-state index in [0.717, 1.165) is 63.8 Å². The van der Waals surface area contributed by atoms with Crippen LogP contribution in [0.25, 0.3) is 0 Å². The molecule has 3 saturated heterocycles. The number of piperazine rings is 1. The Bertz CT molecular complexity index is 1020. The van der Waals surface area contributed by atoms with E-state index < -0.39 is 0 Å². The fraction of sp³-hybridized carbons (Fsp3) is 0.552. The monoisotopic (exact) mass is 528 g/mol. The van der Waals surface area contributed by atoms with E-state index in [1.807, 2.05) is 34.1 Å². The SMILES string of the molecule is O=C(CC[C@@H]1CN(Cc2ccc(Cl)cc2)CC[C@@H]1N1CCOCC1)N1CCN(c2ccccc2F)CC1. The van der Waals surface area contributed by atoms with Gasteiger partial charge < -0.3 is 14.5 Å². The van der Waals surface area contributed by atoms with E-state index in [-0.39, 0.29) is 11.7 Å². The molecule has 5 rings (SSSR count). The van der Waals surface area contributed by atoms with Crippen LogP contribution in [0, 0.1) is 11.7 Å². The maximum absolute atomic E-state index is 14.2. The molecule has 6 nitrogen and oxygen atoms in total. The molecule has 0 N–H and O–H groups in total. The number of nitrogens with zero attached hydrogens (tertiary/aromatic N) is 4. The first kappa shape index (κ1) is 26.4. The fourth-order valence-electron chi connectivity index (χ4n) is 6.13. The second-order valence-electron chi connectivity index (χ2n) is 10.5. The van der Waals surface area contributed by atoms with Crippen molar-refractivity contribution in [2.24, 2.45) is 5.92 Å². The Balaban J connectivity index is 1.17. The molecule has 3 fully saturated rings. The van der Waals surface area contributed by atoms with Crippen molar-refractivity contribution in [1.82, 2.24) is 14.7 Å². The first-order valence-electron chi connectivity index (χ1n) is 13.6. The summed E-state index contributed by atoms with van der Waals surface area (Å²) in [4.78, 5) is 22.3. The molecule has 2 aromatic rings. The topological polar surface area (TPSA) is 39.3 Å². The molecule has 200 valence electrons. The molecule has 8 heteroatoms. The molecule has 1 amide bonds. The molecule has 0 unspecified atom stereocenters. The minimum Gasteiger partial charge on any atom is -0.379 e. The van der Waals surface area contributed by atoms with Crippen molar-refractivity contribution in [3.63, 3.8) is 0 Å². The molecule has 37 heavy (non-hydrogen) atoms. The van der Waals surface area contributed by atoms with Crippen molar-refractivity contribution in [1.29, 1.82) is 0 Å². The number of ether oxygens (including phenoxy) is 1. The number of amides is 1. The molecule has 0 aliphatic carbocycles. The zero-order chi connectivity index (χ0) is 25.6. The maximum Gasteiger partial charge on any atom is 0.222 e. The Kier molecular flexibility index (Phi) is 8.98. The first-order chi connectivity index (χ1) is 18.1. The number of anilines is 1. The lowest BCUT2D eigenvalue weighted by Gasteiger charge is -2.45. The predicted molar refractivity (Wildman–Crippen MR) is 145 cm³/mol. The van der Waals surface area contributed by atoms with Gasteiger partial charge in [0.1, 0.15) is 5.82 Å². The van der Waals surface area contributed by atoms with Crippen LogP contribution in [-0.4, -0.2) is 92.2 Å². The highest BCUT2D eigenvalue weighted by Crippen LogP contribution is 2.29. The molecule has 0 saturated carbocycles. The standard InChI is InChI=1S/C29H38ClFN4O2/c30-25-8-5-23(6-9-25)21-32-12-11-27(34-17-19-37-20-18-34)24(22-32)7-10-29(36)35-15-13-33(14-16-35)28-4-2-1-3-26(28)31/h1-6,8-9,24,27H,7,10-22H2/t24-,27+/m1/s1. The number of morpholine rings is 1. The summed E-state index contributed by atoms with van der Waals surface area (Å²) in [7, 11) is 0. The lowest BCUT2D eigenvalue weighted by atomic mass is 9.86. The number of benzene rings is 2. The second kappa shape index (κ2) is 12.6. The summed E-state index contributed by atoms with van der Waals surface area (Å²) in [5.41, 5.74) is 1.91. The van der Waals surface area contributed by atoms with Gasteiger partial charge >= 0.3 is 0 Å². The van der Waals surface area contributed by atoms with Crippen molar-refractivity contribution >= 4 is 23.2 Å². The fourth-order valence-corrected chi connectivity index (χ4v) is 6.26. The van der Waals surface area contributed by atoms with Gasteiger partial charge in [0.2, 0.25) is 5.91 Å². The van der Waals surface area contributed by atoms with Gasteiger partial charge in [0.25, 0.3) is 0 Å². The Morgan fingerprint density at radius 3 is 2.41 bits per heavy atom. The average Bonchev–Trinajstić information content (AvgIpc) is 2.94. The predicted octanol–water partition coefficient (Wildman–Crippen LogP) is 4.13. The number of piperidine rings is 1. The molecule has 3 heterocycles. The molecule has 0 bridgehead atoms. The number of hydrogen-bond acceptors (Lipinski definition) is 5. The Morgan fingerprint density at radius 1 is 0.946 bits per heavy atom. The number of rotatable bonds is 7. The lowest BCUT2D eigenvalue weighted by Crippen LogP contribution is -2.54. The minimum absolute atomic E-state index is 0.197. The van der Waals surface area contributed by atoms with Crippen molar-refractivity contribution in [2.75, 3.05) is 70.5 Å². The van der Waals surface area contributed by atoms with Crippen LogP contribution in [0.2, 0.25) is 5.02 Å². The number of likely N-dealkylation sites (tertiary alicyclic amines) is 1. The lowest BCUT2D eigenvalue weighted by molar-refractivity contribution is -0.132. The summed E-state index contributed by atoms with van der Waals surface area (Å²) < 4.78 is 19.8. The van der Waals surface area contributed by atoms with Gasteiger partial charge in [-0.3, -0.25) is 14.6 Å². The van der Waals surface area contributed by atoms with Crippen LogP contribution in [-0.2, 0) is 16.1 Å². The Morgan fingerprint density at radius 2 is 1.68 bits per heavy atom. The third-order valence-electron chi connectivity index (χ3n) is 8.17. The highest BCUT2D eigenvalue weighted by Gasteiger charge is 2.34. The summed E-state index contributed by atoms with van der Waals surface area (Å²) in [6, 6.07) is 15.5. The number of carbonyl (C=O) groups is 1. The summed E-state index contributed by atoms with van der Waals surface area (Å²) in [6.45, 7) is 9.14. The number of carbonyl (C=O) groups excluding carboxylic acids is 1. The zero-order valence-electron chi connectivity index (χ0n) is 21.5. The van der Waals surface area contributed by atoms with Crippen molar-refractivity contribution < 1.29 is 13.9 Å². The largest absolute Gasteiger partial charge is 0.379 e. The van der Waals surface area contributed by atoms with Crippen LogP contribution < -0.4 is 4.90 Å². The third kappa shape index (κ3) is 6.82. The van der Waals surface area contributed by atoms with Crippen molar-refractivity contribution in [3.05, 3.63) is 64.9 Å². The van der Waals surface area contributed by atoms with Gasteiger partial charge in [-0.15, -0.1) is 0 Å². The van der Waals surface area contributed by atoms with E-state index in [4.69, 9.17) is 16.3 Å². The van der Waals surface area contributed by atoms with Gasteiger partial charge in [0.05, 0.1) is 18.9 Å². The zero-order valence-corrected chi connectivity index (χ0v) is 22.3. The minimum atomic E-state index is -0.197. The highest BCUT2D eigenvalue weighted by molar-refractivity contribution is 6.30. The van der Waals surface area contributed by atoms with Crippen LogP contribution in [0.3, 0.4) is 0 Å². The molecule has 0 spiro atoms. The van der Waals surface area contributed by atoms with Crippen LogP contribution in [0.15, 0.2) is 48.5 Å². The Labute approximate surface area is 224 Å². The van der Waals surface area contributed by atoms with Gasteiger partial charge in [-0.05, 0) is 55.1 Å². The van der Waals surface area contributed by atoms with Crippen LogP contribution >= 0.6 is 11.6 Å². The third-order valence-corrected chi connectivity index (χ3v) is 8.42. The normalized spacial score (nSPS) is 23.8. The van der Waals surface area contributed by atoms with Gasteiger partial charge in [-0.25, -0.2) is 4.39 Å². The summed E-state index contributed by atoms with van der Waals surface area (Å²) >= 11 is 6.08. The van der Waals surface area contributed by atoms with Crippen LogP contribution in [0.1, 0.15) is 24.8 Å². The number of para-hydroxylation sites is 1. The van der Waals surface area contributed by atoms with Crippen LogP contribution in [0.5, 0.6) is 0 Å². The van der Waals surface area contributed by atoms with E-state index in [0.29, 0.717) is 50.2 Å². The molecular formula is C29H38ClFN4O2. The average molecular weight is 529 g/mol. The van der Waals surface area contributed by atoms with E-state index in [1.165, 1.54) is 11.6 Å². The highest BCUT2D eigenvalue weighted by atomic mass is 35.5. The number of halogens is 2. The quantitative estimate of drug-likeness (QED) is 0.540. The van der Waals surface area contributed by atoms with Gasteiger partial charge in [0.15, 0.2) is 0 Å². The van der Waals surface area contributed by atoms with E-state index >= 15 is 0 Å². The molecular weight excluding hydrogens is 491 g/mol. The smallest absolute Gasteiger partial charge is 0.222 e. The number of hydrogen-bond donors (Lipinski definition) is 0. The molecule has 0 aromatic heterocycles. The molecule has 0 radical (unpaired) electrons. The molecule has 2 aromatic carbocycles. The summed E-state index contributed by atoms with van der Waals surface area (Å²) in [6.07, 6.45) is 2.58. The van der Waals surface area contributed by atoms with Crippen molar-refractivity contribution in [3.8, 4) is 0 Å². The van der Waals surface area contributed by atoms with Crippen LogP contribution in [0.4, 0.5) is 10.1 Å². The summed E-state index contributed by atoms with van der Waals surface area (Å²) in [5.74, 6) is 0.475. The second-order valence-corrected chi connectivity index (χ2v) is 10.9. The van der Waals surface area contributed by atoms with Gasteiger partial charge in [-0.2, -0.15) is 0 Å². The maximum atomic E-state index is 14.2. The molecule has 3 aliphatic rings. The molecule has 2 atom stereocenters. The van der Waals surface area contributed by atoms with Gasteiger partial charge in [0, 0.05) is 69.8 Å². The first-order valence-corrected chi connectivity index (χ1v) is 14.0. The van der Waals surface area contributed by atoms with E-state index in [9.17, 15) is 9.18 Å².